The molecule has 6 nitrogen and oxygen atoms in total. The highest BCUT2D eigenvalue weighted by molar-refractivity contribution is 5.96. The van der Waals surface area contributed by atoms with E-state index in [4.69, 9.17) is 18.6 Å². The van der Waals surface area contributed by atoms with Gasteiger partial charge < -0.3 is 23.5 Å². The molecule has 0 aliphatic carbocycles. The van der Waals surface area contributed by atoms with Gasteiger partial charge in [-0.15, -0.1) is 0 Å². The molecule has 2 heterocycles. The zero-order valence-electron chi connectivity index (χ0n) is 15.8. The molecule has 144 valence electrons. The van der Waals surface area contributed by atoms with Crippen molar-refractivity contribution in [1.29, 1.82) is 0 Å². The first-order valence-electron chi connectivity index (χ1n) is 9.00. The van der Waals surface area contributed by atoms with E-state index in [1.54, 1.807) is 24.1 Å². The van der Waals surface area contributed by atoms with Crippen molar-refractivity contribution in [3.8, 4) is 17.2 Å². The number of fused-ring (bicyclic) bond motifs is 1. The third-order valence-corrected chi connectivity index (χ3v) is 4.58. The van der Waals surface area contributed by atoms with E-state index in [9.17, 15) is 4.79 Å². The summed E-state index contributed by atoms with van der Waals surface area (Å²) in [5.41, 5.74) is 1.45. The Balaban J connectivity index is 1.64. The molecule has 0 unspecified atom stereocenters. The molecule has 0 bridgehead atoms. The number of aryl methyl sites for hydroxylation is 1. The fourth-order valence-electron chi connectivity index (χ4n) is 3.21. The summed E-state index contributed by atoms with van der Waals surface area (Å²) in [5, 5.41) is 0. The van der Waals surface area contributed by atoms with Crippen molar-refractivity contribution in [2.75, 3.05) is 13.9 Å². The number of hydrogen-bond acceptors (Lipinski definition) is 5. The average molecular weight is 379 g/mol. The van der Waals surface area contributed by atoms with Crippen LogP contribution in [0.1, 0.15) is 27.4 Å². The predicted octanol–water partition coefficient (Wildman–Crippen LogP) is 4.17. The first-order chi connectivity index (χ1) is 13.6. The number of amides is 1. The maximum Gasteiger partial charge on any atom is 0.258 e. The van der Waals surface area contributed by atoms with Crippen LogP contribution in [0.3, 0.4) is 0 Å². The zero-order chi connectivity index (χ0) is 19.5. The fraction of sp³-hybridized carbons (Fsp3) is 0.227. The van der Waals surface area contributed by atoms with Crippen molar-refractivity contribution in [1.82, 2.24) is 4.90 Å². The summed E-state index contributed by atoms with van der Waals surface area (Å²) in [6, 6.07) is 16.7. The van der Waals surface area contributed by atoms with Gasteiger partial charge in [0, 0.05) is 6.54 Å². The van der Waals surface area contributed by atoms with Gasteiger partial charge in [-0.2, -0.15) is 0 Å². The number of hydrogen-bond donors (Lipinski definition) is 0. The smallest absolute Gasteiger partial charge is 0.258 e. The van der Waals surface area contributed by atoms with E-state index in [1.807, 2.05) is 49.4 Å². The van der Waals surface area contributed by atoms with Crippen molar-refractivity contribution in [2.45, 2.75) is 20.0 Å². The van der Waals surface area contributed by atoms with Crippen molar-refractivity contribution in [3.63, 3.8) is 0 Å². The van der Waals surface area contributed by atoms with Crippen LogP contribution in [0.2, 0.25) is 0 Å². The Labute approximate surface area is 163 Å². The number of para-hydroxylation sites is 1. The van der Waals surface area contributed by atoms with Gasteiger partial charge in [0.05, 0.1) is 19.2 Å². The predicted molar refractivity (Wildman–Crippen MR) is 103 cm³/mol. The molecule has 0 atom stereocenters. The molecule has 1 aliphatic heterocycles. The molecule has 0 fully saturated rings. The van der Waals surface area contributed by atoms with E-state index in [0.717, 1.165) is 17.1 Å². The lowest BCUT2D eigenvalue weighted by Crippen LogP contribution is -2.30. The van der Waals surface area contributed by atoms with Gasteiger partial charge in [0.15, 0.2) is 11.5 Å². The minimum Gasteiger partial charge on any atom is -0.496 e. The molecule has 6 heteroatoms. The van der Waals surface area contributed by atoms with Gasteiger partial charge in [-0.05, 0) is 48.9 Å². The molecule has 0 saturated carbocycles. The van der Waals surface area contributed by atoms with Crippen LogP contribution in [0.5, 0.6) is 17.2 Å². The number of nitrogens with zero attached hydrogens (tertiary/aromatic N) is 1. The second-order valence-corrected chi connectivity index (χ2v) is 6.56. The Morgan fingerprint density at radius 1 is 1.04 bits per heavy atom. The Morgan fingerprint density at radius 2 is 1.86 bits per heavy atom. The standard InChI is InChI=1S/C22H21NO5/c1-15-7-9-17(28-15)13-23(22(24)18-5-3-4-6-19(18)25-2)12-16-8-10-20-21(11-16)27-14-26-20/h3-11H,12-14H2,1-2H3. The van der Waals surface area contributed by atoms with Crippen molar-refractivity contribution in [3.05, 3.63) is 77.2 Å². The number of carbonyl (C=O) groups excluding carboxylic acids is 1. The Bertz CT molecular complexity index is 994. The molecule has 1 aliphatic rings. The van der Waals surface area contributed by atoms with Crippen molar-refractivity contribution in [2.24, 2.45) is 0 Å². The van der Waals surface area contributed by atoms with Crippen LogP contribution in [-0.4, -0.2) is 24.7 Å². The van der Waals surface area contributed by atoms with Gasteiger partial charge in [-0.3, -0.25) is 4.79 Å². The van der Waals surface area contributed by atoms with Crippen LogP contribution in [0, 0.1) is 6.92 Å². The average Bonchev–Trinajstić information content (AvgIpc) is 3.35. The maximum absolute atomic E-state index is 13.3. The number of ether oxygens (including phenoxy) is 3. The Hall–Kier alpha value is -3.41. The Morgan fingerprint density at radius 3 is 2.64 bits per heavy atom. The molecule has 28 heavy (non-hydrogen) atoms. The van der Waals surface area contributed by atoms with Gasteiger partial charge >= 0.3 is 0 Å². The fourth-order valence-corrected chi connectivity index (χ4v) is 3.21. The zero-order valence-corrected chi connectivity index (χ0v) is 15.8. The monoisotopic (exact) mass is 379 g/mol. The highest BCUT2D eigenvalue weighted by Crippen LogP contribution is 2.33. The summed E-state index contributed by atoms with van der Waals surface area (Å²) in [4.78, 5) is 15.1. The lowest BCUT2D eigenvalue weighted by Gasteiger charge is -2.23. The topological polar surface area (TPSA) is 61.1 Å². The molecule has 0 spiro atoms. The lowest BCUT2D eigenvalue weighted by molar-refractivity contribution is 0.0713. The van der Waals surface area contributed by atoms with Crippen LogP contribution in [0.4, 0.5) is 0 Å². The lowest BCUT2D eigenvalue weighted by atomic mass is 10.1. The minimum absolute atomic E-state index is 0.135. The first kappa shape index (κ1) is 18.0. The molecule has 0 radical (unpaired) electrons. The van der Waals surface area contributed by atoms with Crippen LogP contribution < -0.4 is 14.2 Å². The number of rotatable bonds is 6. The third-order valence-electron chi connectivity index (χ3n) is 4.58. The van der Waals surface area contributed by atoms with Gasteiger partial charge in [0.25, 0.3) is 5.91 Å². The van der Waals surface area contributed by atoms with Crippen LogP contribution in [0.25, 0.3) is 0 Å². The van der Waals surface area contributed by atoms with Gasteiger partial charge in [0.1, 0.15) is 17.3 Å². The summed E-state index contributed by atoms with van der Waals surface area (Å²) in [6.45, 7) is 2.84. The maximum atomic E-state index is 13.3. The second kappa shape index (κ2) is 7.68. The third kappa shape index (κ3) is 3.67. The molecule has 3 aromatic rings. The summed E-state index contributed by atoms with van der Waals surface area (Å²) in [5.74, 6) is 3.34. The van der Waals surface area contributed by atoms with Crippen LogP contribution >= 0.6 is 0 Å². The molecule has 1 amide bonds. The number of methoxy groups -OCH3 is 1. The number of carbonyl (C=O) groups is 1. The minimum atomic E-state index is -0.135. The van der Waals surface area contributed by atoms with Gasteiger partial charge in [-0.1, -0.05) is 18.2 Å². The van der Waals surface area contributed by atoms with E-state index in [-0.39, 0.29) is 12.7 Å². The van der Waals surface area contributed by atoms with E-state index in [2.05, 4.69) is 0 Å². The van der Waals surface area contributed by atoms with Crippen molar-refractivity contribution < 1.29 is 23.4 Å². The number of benzene rings is 2. The van der Waals surface area contributed by atoms with Gasteiger partial charge in [-0.25, -0.2) is 0 Å². The van der Waals surface area contributed by atoms with Crippen LogP contribution in [0.15, 0.2) is 59.0 Å². The summed E-state index contributed by atoms with van der Waals surface area (Å²) in [6.07, 6.45) is 0. The van der Waals surface area contributed by atoms with E-state index >= 15 is 0 Å². The molecule has 1 aromatic heterocycles. The van der Waals surface area contributed by atoms with Crippen molar-refractivity contribution >= 4 is 5.91 Å². The van der Waals surface area contributed by atoms with E-state index < -0.39 is 0 Å². The van der Waals surface area contributed by atoms with E-state index in [1.165, 1.54) is 0 Å². The summed E-state index contributed by atoms with van der Waals surface area (Å²) < 4.78 is 21.9. The normalized spacial score (nSPS) is 12.1. The SMILES string of the molecule is COc1ccccc1C(=O)N(Cc1ccc2c(c1)OCO2)Cc1ccc(C)o1. The van der Waals surface area contributed by atoms with Crippen LogP contribution in [-0.2, 0) is 13.1 Å². The highest BCUT2D eigenvalue weighted by atomic mass is 16.7. The quantitative estimate of drug-likeness (QED) is 0.643. The number of furan rings is 1. The molecule has 0 N–H and O–H groups in total. The highest BCUT2D eigenvalue weighted by Gasteiger charge is 2.22. The van der Waals surface area contributed by atoms with E-state index in [0.29, 0.717) is 35.9 Å². The molecule has 2 aromatic carbocycles. The largest absolute Gasteiger partial charge is 0.496 e. The molecular weight excluding hydrogens is 358 g/mol. The second-order valence-electron chi connectivity index (χ2n) is 6.56. The first-order valence-corrected chi connectivity index (χ1v) is 9.00. The molecular formula is C22H21NO5. The molecule has 4 rings (SSSR count). The van der Waals surface area contributed by atoms with Gasteiger partial charge in [0.2, 0.25) is 6.79 Å². The Kier molecular flexibility index (Phi) is 4.93. The summed E-state index contributed by atoms with van der Waals surface area (Å²) in [7, 11) is 1.56. The molecule has 0 saturated heterocycles. The summed E-state index contributed by atoms with van der Waals surface area (Å²) >= 11 is 0.